The number of allylic oxidation sites excluding steroid dienone is 2. The van der Waals surface area contributed by atoms with Gasteiger partial charge in [0, 0.05) is 5.92 Å². The zero-order valence-electron chi connectivity index (χ0n) is 36.7. The average Bonchev–Trinajstić information content (AvgIpc) is 3.32. The Kier molecular flexibility index (Phi) is 17.8. The lowest BCUT2D eigenvalue weighted by atomic mass is 9.95. The number of esters is 2. The number of ether oxygens (including phenoxy) is 4. The van der Waals surface area contributed by atoms with Crippen LogP contribution in [0.3, 0.4) is 0 Å². The Morgan fingerprint density at radius 1 is 0.561 bits per heavy atom. The van der Waals surface area contributed by atoms with Crippen molar-refractivity contribution < 1.29 is 54.9 Å². The second kappa shape index (κ2) is 23.6. The summed E-state index contributed by atoms with van der Waals surface area (Å²) in [5.74, 6) is 6.27. The largest absolute Gasteiger partial charge is 0.489 e. The van der Waals surface area contributed by atoms with Crippen molar-refractivity contribution in [3.8, 4) is 45.6 Å². The van der Waals surface area contributed by atoms with Crippen molar-refractivity contribution >= 4 is 11.9 Å². The number of methoxy groups -OCH3 is 2. The lowest BCUT2D eigenvalue weighted by Crippen LogP contribution is -2.07. The molecule has 0 aliphatic rings. The quantitative estimate of drug-likeness (QED) is 0.0442. The second-order valence-corrected chi connectivity index (χ2v) is 14.9. The first-order chi connectivity index (χ1) is 31.6. The predicted octanol–water partition coefficient (Wildman–Crippen LogP) is 13.8. The highest BCUT2D eigenvalue weighted by Gasteiger charge is 2.31. The molecule has 0 radical (unpaired) electrons. The first kappa shape index (κ1) is 49.8. The van der Waals surface area contributed by atoms with Gasteiger partial charge >= 0.3 is 24.3 Å². The fourth-order valence-electron chi connectivity index (χ4n) is 6.79. The van der Waals surface area contributed by atoms with Gasteiger partial charge in [0.2, 0.25) is 0 Å². The van der Waals surface area contributed by atoms with Crippen molar-refractivity contribution in [1.82, 2.24) is 0 Å². The first-order valence-corrected chi connectivity index (χ1v) is 20.8. The molecular formula is C54H48F6O6. The van der Waals surface area contributed by atoms with Crippen LogP contribution in [0.15, 0.2) is 158 Å². The smallest absolute Gasteiger partial charge is 0.416 e. The Hall–Kier alpha value is -7.26. The van der Waals surface area contributed by atoms with Gasteiger partial charge in [-0.2, -0.15) is 26.3 Å². The minimum absolute atomic E-state index is 0.0723. The molecule has 0 spiro atoms. The van der Waals surface area contributed by atoms with E-state index in [4.69, 9.17) is 18.9 Å². The zero-order chi connectivity index (χ0) is 47.7. The molecule has 0 heterocycles. The van der Waals surface area contributed by atoms with Gasteiger partial charge in [-0.05, 0) is 119 Å². The molecule has 6 rings (SSSR count). The van der Waals surface area contributed by atoms with E-state index >= 15 is 0 Å². The number of carbonyl (C=O) groups excluding carboxylic acids is 2. The predicted molar refractivity (Wildman–Crippen MR) is 242 cm³/mol. The summed E-state index contributed by atoms with van der Waals surface area (Å²) in [4.78, 5) is 23.3. The third-order valence-electron chi connectivity index (χ3n) is 10.3. The van der Waals surface area contributed by atoms with Crippen LogP contribution >= 0.6 is 0 Å². The Bertz CT molecular complexity index is 2590. The topological polar surface area (TPSA) is 71.1 Å². The van der Waals surface area contributed by atoms with Gasteiger partial charge in [-0.1, -0.05) is 103 Å². The highest BCUT2D eigenvalue weighted by molar-refractivity contribution is 5.71. The fourth-order valence-corrected chi connectivity index (χ4v) is 6.79. The molecule has 0 fully saturated rings. The molecule has 0 aromatic heterocycles. The summed E-state index contributed by atoms with van der Waals surface area (Å²) in [5, 5.41) is 0. The van der Waals surface area contributed by atoms with Crippen molar-refractivity contribution in [3.63, 3.8) is 0 Å². The van der Waals surface area contributed by atoms with Crippen LogP contribution in [0.25, 0.3) is 22.3 Å². The molecule has 12 heteroatoms. The van der Waals surface area contributed by atoms with E-state index in [1.54, 1.807) is 6.92 Å². The number of alkyl halides is 6. The molecule has 6 aromatic carbocycles. The molecule has 342 valence electrons. The number of halogens is 6. The molecule has 0 saturated heterocycles. The molecule has 0 aliphatic carbocycles. The maximum Gasteiger partial charge on any atom is 0.416 e. The van der Waals surface area contributed by atoms with E-state index in [0.29, 0.717) is 35.8 Å². The van der Waals surface area contributed by atoms with E-state index in [1.807, 2.05) is 116 Å². The Balaban J connectivity index is 0.000000247. The van der Waals surface area contributed by atoms with E-state index in [9.17, 15) is 35.9 Å². The van der Waals surface area contributed by atoms with Crippen molar-refractivity contribution in [2.75, 3.05) is 14.2 Å². The Labute approximate surface area is 380 Å². The van der Waals surface area contributed by atoms with Gasteiger partial charge in [0.05, 0.1) is 44.1 Å². The fraction of sp³-hybridized carbons (Fsp3) is 0.222. The van der Waals surface area contributed by atoms with Gasteiger partial charge in [0.15, 0.2) is 0 Å². The van der Waals surface area contributed by atoms with Crippen LogP contribution in [0.4, 0.5) is 26.3 Å². The van der Waals surface area contributed by atoms with E-state index in [2.05, 4.69) is 11.8 Å². The molecule has 66 heavy (non-hydrogen) atoms. The minimum Gasteiger partial charge on any atom is -0.489 e. The van der Waals surface area contributed by atoms with Gasteiger partial charge in [-0.25, -0.2) is 0 Å². The second-order valence-electron chi connectivity index (χ2n) is 14.9. The van der Waals surface area contributed by atoms with E-state index < -0.39 is 23.5 Å². The summed E-state index contributed by atoms with van der Waals surface area (Å²) in [6.07, 6.45) is -4.41. The average molecular weight is 907 g/mol. The molecule has 2 atom stereocenters. The van der Waals surface area contributed by atoms with Gasteiger partial charge in [-0.3, -0.25) is 9.59 Å². The molecule has 0 aliphatic heterocycles. The standard InChI is InChI=1S/C27H25F3O3.C27H23F3O3/c2*1-3-5-22(17-26(31)32-2)21-10-14-25(15-11-21)33-18-19-6-4-7-23(16-19)20-8-12-24(13-9-20)27(28,29)30/h3-16,22H,17-18H2,1-2H3;4,6-16,22H,17-18H2,1-2H3/b5-3-;/t2*22-/m00/s1. The highest BCUT2D eigenvalue weighted by Crippen LogP contribution is 2.33. The summed E-state index contributed by atoms with van der Waals surface area (Å²) >= 11 is 0. The van der Waals surface area contributed by atoms with Crippen LogP contribution in [-0.2, 0) is 44.6 Å². The van der Waals surface area contributed by atoms with Crippen LogP contribution in [-0.4, -0.2) is 26.2 Å². The van der Waals surface area contributed by atoms with Gasteiger partial charge in [0.25, 0.3) is 0 Å². The minimum atomic E-state index is -4.35. The maximum atomic E-state index is 12.8. The van der Waals surface area contributed by atoms with Crippen LogP contribution < -0.4 is 9.47 Å². The van der Waals surface area contributed by atoms with Crippen LogP contribution in [0.1, 0.15) is 71.9 Å². The molecule has 0 N–H and O–H groups in total. The Morgan fingerprint density at radius 3 is 1.38 bits per heavy atom. The summed E-state index contributed by atoms with van der Waals surface area (Å²) in [6.45, 7) is 4.24. The van der Waals surface area contributed by atoms with E-state index in [0.717, 1.165) is 57.6 Å². The summed E-state index contributed by atoms with van der Waals surface area (Å²) in [5.41, 5.74) is 5.34. The maximum absolute atomic E-state index is 12.8. The third kappa shape index (κ3) is 14.9. The normalized spacial score (nSPS) is 12.2. The number of benzene rings is 6. The number of rotatable bonds is 15. The van der Waals surface area contributed by atoms with Crippen molar-refractivity contribution in [2.45, 2.75) is 64.1 Å². The van der Waals surface area contributed by atoms with Crippen LogP contribution in [0, 0.1) is 11.8 Å². The lowest BCUT2D eigenvalue weighted by molar-refractivity contribution is -0.141. The first-order valence-electron chi connectivity index (χ1n) is 20.8. The molecule has 6 nitrogen and oxygen atoms in total. The van der Waals surface area contributed by atoms with Gasteiger partial charge in [-0.15, -0.1) is 5.92 Å². The molecule has 0 unspecified atom stereocenters. The highest BCUT2D eigenvalue weighted by atomic mass is 19.4. The third-order valence-corrected chi connectivity index (χ3v) is 10.3. The van der Waals surface area contributed by atoms with E-state index in [-0.39, 0.29) is 36.6 Å². The summed E-state index contributed by atoms with van der Waals surface area (Å²) < 4.78 is 98.0. The van der Waals surface area contributed by atoms with Crippen LogP contribution in [0.5, 0.6) is 11.5 Å². The molecular weight excluding hydrogens is 859 g/mol. The molecule has 0 amide bonds. The lowest BCUT2D eigenvalue weighted by Gasteiger charge is -2.13. The van der Waals surface area contributed by atoms with Crippen molar-refractivity contribution in [1.29, 1.82) is 0 Å². The zero-order valence-corrected chi connectivity index (χ0v) is 36.7. The van der Waals surface area contributed by atoms with Crippen LogP contribution in [0.2, 0.25) is 0 Å². The monoisotopic (exact) mass is 906 g/mol. The number of hydrogen-bond acceptors (Lipinski definition) is 6. The van der Waals surface area contributed by atoms with Gasteiger partial charge < -0.3 is 18.9 Å². The SMILES string of the molecule is C/C=C\[C@@H](CC(=O)OC)c1ccc(OCc2cccc(-c3ccc(C(F)(F)F)cc3)c2)cc1.CC#C[C@@H](CC(=O)OC)c1ccc(OCc2cccc(-c3ccc(C(F)(F)F)cc3)c2)cc1. The summed E-state index contributed by atoms with van der Waals surface area (Å²) in [7, 11) is 2.72. The molecule has 6 aromatic rings. The van der Waals surface area contributed by atoms with Crippen molar-refractivity contribution in [3.05, 3.63) is 191 Å². The summed E-state index contributed by atoms with van der Waals surface area (Å²) in [6, 6.07) is 40.1. The number of hydrogen-bond donors (Lipinski definition) is 0. The number of carbonyl (C=O) groups is 2. The van der Waals surface area contributed by atoms with Gasteiger partial charge in [0.1, 0.15) is 24.7 Å². The van der Waals surface area contributed by atoms with E-state index in [1.165, 1.54) is 38.5 Å². The Morgan fingerprint density at radius 2 is 0.985 bits per heavy atom. The molecule has 0 bridgehead atoms. The van der Waals surface area contributed by atoms with Crippen molar-refractivity contribution in [2.24, 2.45) is 0 Å². The molecule has 0 saturated carbocycles.